The van der Waals surface area contributed by atoms with Crippen LogP contribution < -0.4 is 11.1 Å². The van der Waals surface area contributed by atoms with Crippen LogP contribution in [-0.2, 0) is 4.79 Å². The van der Waals surface area contributed by atoms with Crippen molar-refractivity contribution in [2.75, 3.05) is 0 Å². The maximum absolute atomic E-state index is 11.5. The van der Waals surface area contributed by atoms with Crippen LogP contribution in [-0.4, -0.2) is 11.0 Å². The molecule has 0 heterocycles. The van der Waals surface area contributed by atoms with Gasteiger partial charge in [0.1, 0.15) is 11.6 Å². The third kappa shape index (κ3) is 5.47. The molecule has 0 spiro atoms. The van der Waals surface area contributed by atoms with E-state index in [2.05, 4.69) is 24.5 Å². The van der Waals surface area contributed by atoms with Crippen molar-refractivity contribution in [1.82, 2.24) is 5.32 Å². The summed E-state index contributed by atoms with van der Waals surface area (Å²) < 4.78 is 0. The summed E-state index contributed by atoms with van der Waals surface area (Å²) in [6.45, 7) is 3.89. The van der Waals surface area contributed by atoms with Crippen molar-refractivity contribution in [2.45, 2.75) is 39.5 Å². The van der Waals surface area contributed by atoms with E-state index in [0.29, 0.717) is 0 Å². The minimum absolute atomic E-state index is 0.112. The molecule has 0 fully saturated rings. The number of carbonyl (C=O) groups excluding carboxylic acids is 1. The summed E-state index contributed by atoms with van der Waals surface area (Å²) in [5.41, 5.74) is 6.07. The van der Waals surface area contributed by atoms with Crippen molar-refractivity contribution in [3.8, 4) is 6.07 Å². The molecule has 0 aromatic rings. The molecule has 0 saturated heterocycles. The van der Waals surface area contributed by atoms with Crippen LogP contribution in [0.3, 0.4) is 0 Å². The zero-order valence-corrected chi connectivity index (χ0v) is 10.5. The predicted molar refractivity (Wildman–Crippen MR) is 67.4 cm³/mol. The number of allylic oxidation sites excluding steroid dienone is 1. The van der Waals surface area contributed by atoms with Gasteiger partial charge in [0.25, 0.3) is 5.91 Å². The Kier molecular flexibility index (Phi) is 7.14. The lowest BCUT2D eigenvalue weighted by Crippen LogP contribution is -2.35. The van der Waals surface area contributed by atoms with Crippen LogP contribution in [0.15, 0.2) is 11.1 Å². The number of carbonyl (C=O) groups is 1. The molecule has 3 N–H and O–H groups in total. The number of thiocarbonyl (C=S) groups is 1. The lowest BCUT2D eigenvalue weighted by atomic mass is 10.0. The normalized spacial score (nSPS) is 11.3. The van der Waals surface area contributed by atoms with Crippen molar-refractivity contribution in [3.05, 3.63) is 11.1 Å². The molecular formula is C11H17N3OS. The number of nitrogens with two attached hydrogens (primary N) is 1. The zero-order valence-electron chi connectivity index (χ0n) is 9.67. The van der Waals surface area contributed by atoms with Gasteiger partial charge < -0.3 is 5.73 Å². The molecule has 0 aliphatic rings. The second-order valence-corrected chi connectivity index (χ2v) is 3.98. The second kappa shape index (κ2) is 7.83. The molecule has 0 aliphatic heterocycles. The average Bonchev–Trinajstić information content (AvgIpc) is 2.18. The summed E-state index contributed by atoms with van der Waals surface area (Å²) in [4.78, 5) is 11.5. The van der Waals surface area contributed by atoms with Crippen LogP contribution in [0.5, 0.6) is 0 Å². The maximum atomic E-state index is 11.5. The first-order chi connectivity index (χ1) is 7.52. The van der Waals surface area contributed by atoms with E-state index < -0.39 is 5.91 Å². The fraction of sp³-hybridized carbons (Fsp3) is 0.545. The molecule has 5 heteroatoms. The number of hydrogen-bond donors (Lipinski definition) is 2. The molecule has 0 atom stereocenters. The van der Waals surface area contributed by atoms with Crippen LogP contribution in [0.2, 0.25) is 0 Å². The van der Waals surface area contributed by atoms with E-state index in [1.54, 1.807) is 6.92 Å². The van der Waals surface area contributed by atoms with E-state index in [9.17, 15) is 4.79 Å². The van der Waals surface area contributed by atoms with Gasteiger partial charge in [-0.1, -0.05) is 19.8 Å². The molecule has 4 nitrogen and oxygen atoms in total. The summed E-state index contributed by atoms with van der Waals surface area (Å²) in [5.74, 6) is -0.510. The highest BCUT2D eigenvalue weighted by Gasteiger charge is 2.12. The molecule has 88 valence electrons. The Morgan fingerprint density at radius 1 is 1.50 bits per heavy atom. The van der Waals surface area contributed by atoms with Crippen LogP contribution in [0.4, 0.5) is 0 Å². The summed E-state index contributed by atoms with van der Waals surface area (Å²) >= 11 is 4.55. The van der Waals surface area contributed by atoms with Crippen LogP contribution in [0.25, 0.3) is 0 Å². The minimum Gasteiger partial charge on any atom is -0.376 e. The molecule has 0 aromatic heterocycles. The average molecular weight is 239 g/mol. The van der Waals surface area contributed by atoms with Crippen molar-refractivity contribution < 1.29 is 4.79 Å². The van der Waals surface area contributed by atoms with Gasteiger partial charge in [-0.2, -0.15) is 5.26 Å². The first-order valence-corrected chi connectivity index (χ1v) is 5.64. The Labute approximate surface area is 102 Å². The Hall–Kier alpha value is -1.41. The molecule has 0 bridgehead atoms. The smallest absolute Gasteiger partial charge is 0.267 e. The Morgan fingerprint density at radius 2 is 2.12 bits per heavy atom. The molecule has 0 aromatic carbocycles. The number of nitriles is 1. The van der Waals surface area contributed by atoms with E-state index in [1.807, 2.05) is 6.07 Å². The van der Waals surface area contributed by atoms with Crippen LogP contribution in [0, 0.1) is 11.3 Å². The van der Waals surface area contributed by atoms with Gasteiger partial charge in [-0.25, -0.2) is 0 Å². The van der Waals surface area contributed by atoms with Gasteiger partial charge in [0.2, 0.25) is 0 Å². The predicted octanol–water partition coefficient (Wildman–Crippen LogP) is 1.77. The minimum atomic E-state index is -0.510. The van der Waals surface area contributed by atoms with Crippen molar-refractivity contribution in [3.63, 3.8) is 0 Å². The molecule has 0 saturated carbocycles. The van der Waals surface area contributed by atoms with Crippen molar-refractivity contribution in [2.24, 2.45) is 5.73 Å². The fourth-order valence-corrected chi connectivity index (χ4v) is 1.37. The highest BCUT2D eigenvalue weighted by atomic mass is 32.1. The largest absolute Gasteiger partial charge is 0.376 e. The first kappa shape index (κ1) is 14.6. The molecule has 0 radical (unpaired) electrons. The first-order valence-electron chi connectivity index (χ1n) is 5.23. The van der Waals surface area contributed by atoms with Crippen molar-refractivity contribution >= 4 is 23.2 Å². The quantitative estimate of drug-likeness (QED) is 0.332. The number of nitrogens with zero attached hydrogens (tertiary/aromatic N) is 1. The molecular weight excluding hydrogens is 222 g/mol. The standard InChI is InChI=1S/C11H17N3OS/c1-3-4-5-6-8(2)9(7-12)10(15)14-11(13)16/h3-6H2,1-2H3,(H3,13,14,15,16)/b9-8-. The SMILES string of the molecule is CCCCC/C(C)=C(/C#N)C(=O)NC(N)=S. The Morgan fingerprint density at radius 3 is 2.56 bits per heavy atom. The van der Waals surface area contributed by atoms with Gasteiger partial charge in [-0.15, -0.1) is 0 Å². The van der Waals surface area contributed by atoms with E-state index >= 15 is 0 Å². The van der Waals surface area contributed by atoms with Gasteiger partial charge in [0.15, 0.2) is 5.11 Å². The fourth-order valence-electron chi connectivity index (χ4n) is 1.28. The van der Waals surface area contributed by atoms with E-state index in [1.165, 1.54) is 0 Å². The molecule has 0 aliphatic carbocycles. The second-order valence-electron chi connectivity index (χ2n) is 3.54. The Bertz CT molecular complexity index is 342. The number of amides is 1. The third-order valence-corrected chi connectivity index (χ3v) is 2.26. The number of nitrogens with one attached hydrogen (secondary N) is 1. The van der Waals surface area contributed by atoms with Crippen LogP contribution >= 0.6 is 12.2 Å². The molecule has 0 rings (SSSR count). The van der Waals surface area contributed by atoms with E-state index in [-0.39, 0.29) is 10.7 Å². The highest BCUT2D eigenvalue weighted by molar-refractivity contribution is 7.80. The van der Waals surface area contributed by atoms with Gasteiger partial charge in [-0.05, 0) is 37.6 Å². The number of hydrogen-bond acceptors (Lipinski definition) is 3. The number of unbranched alkanes of at least 4 members (excludes halogenated alkanes) is 2. The highest BCUT2D eigenvalue weighted by Crippen LogP contribution is 2.12. The lowest BCUT2D eigenvalue weighted by molar-refractivity contribution is -0.115. The maximum Gasteiger partial charge on any atom is 0.267 e. The number of rotatable bonds is 5. The summed E-state index contributed by atoms with van der Waals surface area (Å²) in [6.07, 6.45) is 3.93. The van der Waals surface area contributed by atoms with Gasteiger partial charge in [0.05, 0.1) is 0 Å². The van der Waals surface area contributed by atoms with Crippen LogP contribution in [0.1, 0.15) is 39.5 Å². The Balaban J connectivity index is 4.56. The monoisotopic (exact) mass is 239 g/mol. The molecule has 16 heavy (non-hydrogen) atoms. The summed E-state index contributed by atoms with van der Waals surface area (Å²) in [7, 11) is 0. The zero-order chi connectivity index (χ0) is 12.6. The summed E-state index contributed by atoms with van der Waals surface area (Å²) in [5, 5.41) is 11.0. The third-order valence-electron chi connectivity index (χ3n) is 2.16. The molecule has 0 unspecified atom stereocenters. The lowest BCUT2D eigenvalue weighted by Gasteiger charge is -2.05. The van der Waals surface area contributed by atoms with Gasteiger partial charge in [0, 0.05) is 0 Å². The molecule has 1 amide bonds. The van der Waals surface area contributed by atoms with Gasteiger partial charge >= 0.3 is 0 Å². The van der Waals surface area contributed by atoms with Crippen molar-refractivity contribution in [1.29, 1.82) is 5.26 Å². The van der Waals surface area contributed by atoms with E-state index in [4.69, 9.17) is 11.0 Å². The van der Waals surface area contributed by atoms with E-state index in [0.717, 1.165) is 31.3 Å². The topological polar surface area (TPSA) is 78.9 Å². The summed E-state index contributed by atoms with van der Waals surface area (Å²) in [6, 6.07) is 1.89. The van der Waals surface area contributed by atoms with Gasteiger partial charge in [-0.3, -0.25) is 10.1 Å².